The lowest BCUT2D eigenvalue weighted by atomic mass is 10.3. The molecule has 10 heavy (non-hydrogen) atoms. The molecule has 1 unspecified atom stereocenters. The van der Waals surface area contributed by atoms with E-state index in [2.05, 4.69) is 11.7 Å². The average Bonchev–Trinajstić information content (AvgIpc) is 1.87. The number of rotatable bonds is 3. The first-order valence-electron chi connectivity index (χ1n) is 2.76. The predicted octanol–water partition coefficient (Wildman–Crippen LogP) is 0.756. The third kappa shape index (κ3) is 3.05. The van der Waals surface area contributed by atoms with Crippen molar-refractivity contribution in [1.29, 1.82) is 0 Å². The van der Waals surface area contributed by atoms with Gasteiger partial charge < -0.3 is 4.74 Å². The highest BCUT2D eigenvalue weighted by Crippen LogP contribution is 2.03. The van der Waals surface area contributed by atoms with E-state index in [1.165, 1.54) is 0 Å². The van der Waals surface area contributed by atoms with Crippen molar-refractivity contribution in [3.05, 3.63) is 6.92 Å². The largest absolute Gasteiger partial charge is 0.465 e. The third-order valence-corrected chi connectivity index (χ3v) is 1.98. The first kappa shape index (κ1) is 9.74. The van der Waals surface area contributed by atoms with Crippen molar-refractivity contribution in [3.63, 3.8) is 0 Å². The Kier molecular flexibility index (Phi) is 4.42. The highest BCUT2D eigenvalue weighted by Gasteiger charge is 2.25. The van der Waals surface area contributed by atoms with Gasteiger partial charge in [0.05, 0.1) is 6.61 Å². The zero-order valence-corrected chi connectivity index (χ0v) is 7.75. The zero-order valence-electron chi connectivity index (χ0n) is 5.59. The number of halogens is 1. The van der Waals surface area contributed by atoms with Gasteiger partial charge in [0.2, 0.25) is 3.92 Å². The minimum Gasteiger partial charge on any atom is -0.465 e. The standard InChI is InChI=1S/C6H8IO3/c1-3-10-6(9)5(7)4(2)8/h5H,2-3H2,1H3/q+1. The fraction of sp³-hybridized carbons (Fsp3) is 0.500. The molecule has 0 aliphatic rings. The Labute approximate surface area is 73.3 Å². The normalized spacial score (nSPS) is 12.2. The number of hydrogen-bond acceptors (Lipinski definition) is 3. The maximum absolute atomic E-state index is 10.7. The van der Waals surface area contributed by atoms with Crippen molar-refractivity contribution in [2.24, 2.45) is 0 Å². The van der Waals surface area contributed by atoms with E-state index >= 15 is 0 Å². The van der Waals surface area contributed by atoms with Crippen LogP contribution in [0.1, 0.15) is 6.92 Å². The Hall–Kier alpha value is -0.260. The molecule has 1 atom stereocenters. The fourth-order valence-corrected chi connectivity index (χ4v) is 0.527. The number of ketones is 1. The minimum absolute atomic E-state index is 0.297. The molecule has 0 bridgehead atoms. The second kappa shape index (κ2) is 4.54. The van der Waals surface area contributed by atoms with E-state index in [0.29, 0.717) is 6.61 Å². The zero-order chi connectivity index (χ0) is 8.15. The summed E-state index contributed by atoms with van der Waals surface area (Å²) in [7, 11) is 0. The summed E-state index contributed by atoms with van der Waals surface area (Å²) in [4.78, 5) is 21.1. The van der Waals surface area contributed by atoms with Crippen LogP contribution < -0.4 is 0 Å². The van der Waals surface area contributed by atoms with Crippen molar-refractivity contribution >= 4 is 34.3 Å². The minimum atomic E-state index is -0.752. The molecule has 0 aromatic carbocycles. The lowest BCUT2D eigenvalue weighted by Gasteiger charge is -2.00. The topological polar surface area (TPSA) is 43.4 Å². The van der Waals surface area contributed by atoms with Crippen LogP contribution in [-0.4, -0.2) is 22.3 Å². The Bertz CT molecular complexity index is 144. The van der Waals surface area contributed by atoms with E-state index in [1.807, 2.05) is 0 Å². The van der Waals surface area contributed by atoms with Crippen LogP contribution >= 0.6 is 22.6 Å². The summed E-state index contributed by atoms with van der Waals surface area (Å²) in [6.07, 6.45) is 0. The van der Waals surface area contributed by atoms with Gasteiger partial charge in [0.15, 0.2) is 0 Å². The molecular weight excluding hydrogens is 247 g/mol. The lowest BCUT2D eigenvalue weighted by Crippen LogP contribution is -2.23. The Morgan fingerprint density at radius 3 is 2.50 bits per heavy atom. The van der Waals surface area contributed by atoms with Crippen molar-refractivity contribution in [2.75, 3.05) is 6.61 Å². The van der Waals surface area contributed by atoms with Gasteiger partial charge in [-0.1, -0.05) is 22.6 Å². The molecule has 0 N–H and O–H groups in total. The van der Waals surface area contributed by atoms with Gasteiger partial charge in [-0.15, -0.1) is 0 Å². The number of alkyl halides is 1. The van der Waals surface area contributed by atoms with Gasteiger partial charge >= 0.3 is 11.8 Å². The van der Waals surface area contributed by atoms with Gasteiger partial charge in [0.25, 0.3) is 0 Å². The first-order valence-corrected chi connectivity index (χ1v) is 4.00. The summed E-state index contributed by atoms with van der Waals surface area (Å²) in [5.74, 6) is -0.929. The summed E-state index contributed by atoms with van der Waals surface area (Å²) < 4.78 is 3.81. The van der Waals surface area contributed by atoms with Crippen LogP contribution in [0, 0.1) is 6.92 Å². The van der Waals surface area contributed by atoms with Gasteiger partial charge in [-0.25, -0.2) is 4.79 Å². The van der Waals surface area contributed by atoms with E-state index in [0.717, 1.165) is 0 Å². The van der Waals surface area contributed by atoms with E-state index in [1.54, 1.807) is 29.5 Å². The maximum atomic E-state index is 10.7. The molecule has 0 saturated heterocycles. The van der Waals surface area contributed by atoms with Gasteiger partial charge in [-0.05, 0) is 6.92 Å². The number of esters is 1. The van der Waals surface area contributed by atoms with Crippen molar-refractivity contribution in [2.45, 2.75) is 10.8 Å². The number of Topliss-reactive ketones (excluding diaryl/α,β-unsaturated/α-hetero) is 1. The van der Waals surface area contributed by atoms with Gasteiger partial charge in [0, 0.05) is 0 Å². The predicted molar refractivity (Wildman–Crippen MR) is 44.8 cm³/mol. The van der Waals surface area contributed by atoms with Gasteiger partial charge in [0.1, 0.15) is 6.92 Å². The summed E-state index contributed by atoms with van der Waals surface area (Å²) in [5, 5.41) is 0. The highest BCUT2D eigenvalue weighted by molar-refractivity contribution is 14.1. The fourth-order valence-electron chi connectivity index (χ4n) is 0.347. The van der Waals surface area contributed by atoms with Crippen LogP contribution in [0.15, 0.2) is 0 Å². The Morgan fingerprint density at radius 2 is 2.20 bits per heavy atom. The van der Waals surface area contributed by atoms with Crippen molar-refractivity contribution in [1.82, 2.24) is 0 Å². The second-order valence-corrected chi connectivity index (χ2v) is 2.83. The number of hydrogen-bond donors (Lipinski definition) is 0. The number of carbonyl (C=O) groups is 2. The summed E-state index contributed by atoms with van der Waals surface area (Å²) in [6, 6.07) is 0. The molecule has 3 nitrogen and oxygen atoms in total. The lowest BCUT2D eigenvalue weighted by molar-refractivity contribution is -0.143. The molecule has 0 saturated carbocycles. The molecule has 0 aliphatic heterocycles. The Morgan fingerprint density at radius 1 is 1.70 bits per heavy atom. The van der Waals surface area contributed by atoms with Crippen LogP contribution in [0.3, 0.4) is 0 Å². The SMILES string of the molecule is [CH2+]C(=O)C(I)C(=O)OCC. The third-order valence-electron chi connectivity index (χ3n) is 0.776. The molecule has 0 fully saturated rings. The van der Waals surface area contributed by atoms with E-state index in [-0.39, 0.29) is 0 Å². The van der Waals surface area contributed by atoms with Crippen LogP contribution in [0.25, 0.3) is 0 Å². The molecule has 0 aliphatic carbocycles. The molecule has 0 spiro atoms. The molecule has 4 heteroatoms. The van der Waals surface area contributed by atoms with Crippen LogP contribution in [0.2, 0.25) is 0 Å². The first-order chi connectivity index (χ1) is 4.59. The molecule has 0 radical (unpaired) electrons. The molecule has 0 amide bonds. The van der Waals surface area contributed by atoms with Crippen LogP contribution in [-0.2, 0) is 14.3 Å². The number of ether oxygens (including phenoxy) is 1. The molecule has 0 rings (SSSR count). The van der Waals surface area contributed by atoms with Crippen molar-refractivity contribution < 1.29 is 14.3 Å². The molecule has 56 valence electrons. The molecule has 0 heterocycles. The van der Waals surface area contributed by atoms with E-state index in [4.69, 9.17) is 0 Å². The monoisotopic (exact) mass is 255 g/mol. The molecule has 0 aromatic heterocycles. The van der Waals surface area contributed by atoms with Crippen molar-refractivity contribution in [3.8, 4) is 0 Å². The Balaban J connectivity index is 3.82. The van der Waals surface area contributed by atoms with E-state index < -0.39 is 15.7 Å². The summed E-state index contributed by atoms with van der Waals surface area (Å²) >= 11 is 1.69. The van der Waals surface area contributed by atoms with E-state index in [9.17, 15) is 9.59 Å². The summed E-state index contributed by atoms with van der Waals surface area (Å²) in [5.41, 5.74) is 0. The summed E-state index contributed by atoms with van der Waals surface area (Å²) in [6.45, 7) is 5.08. The molecule has 0 aromatic rings. The average molecular weight is 255 g/mol. The second-order valence-electron chi connectivity index (χ2n) is 1.58. The quantitative estimate of drug-likeness (QED) is 0.246. The highest BCUT2D eigenvalue weighted by atomic mass is 127. The van der Waals surface area contributed by atoms with Crippen LogP contribution in [0.4, 0.5) is 0 Å². The van der Waals surface area contributed by atoms with Gasteiger partial charge in [-0.2, -0.15) is 0 Å². The number of carbonyl (C=O) groups excluding carboxylic acids is 2. The smallest absolute Gasteiger partial charge is 0.331 e. The van der Waals surface area contributed by atoms with Crippen LogP contribution in [0.5, 0.6) is 0 Å². The van der Waals surface area contributed by atoms with Gasteiger partial charge in [-0.3, -0.25) is 4.79 Å². The maximum Gasteiger partial charge on any atom is 0.331 e. The molecular formula is C6H8IO3+.